The minimum Gasteiger partial charge on any atom is -0.496 e. The van der Waals surface area contributed by atoms with Crippen molar-refractivity contribution in [2.45, 2.75) is 13.5 Å². The van der Waals surface area contributed by atoms with Crippen molar-refractivity contribution in [1.29, 1.82) is 0 Å². The second-order valence-corrected chi connectivity index (χ2v) is 3.93. The van der Waals surface area contributed by atoms with E-state index in [0.717, 1.165) is 11.1 Å². The standard InChI is InChI=1S/C14H17NO3/c1-3-18-10-9-15-8-7-11-12(14(15)16)5-4-6-13(11)17-2/h4-8H,3,9-10H2,1-2H3. The maximum Gasteiger partial charge on any atom is 0.258 e. The SMILES string of the molecule is CCOCCn1ccc2c(OC)cccc2c1=O. The van der Waals surface area contributed by atoms with E-state index in [0.29, 0.717) is 25.1 Å². The zero-order valence-corrected chi connectivity index (χ0v) is 10.7. The minimum atomic E-state index is -0.00824. The first-order valence-electron chi connectivity index (χ1n) is 6.02. The zero-order chi connectivity index (χ0) is 13.0. The summed E-state index contributed by atoms with van der Waals surface area (Å²) >= 11 is 0. The summed E-state index contributed by atoms with van der Waals surface area (Å²) in [5.41, 5.74) is -0.00824. The Kier molecular flexibility index (Phi) is 3.99. The van der Waals surface area contributed by atoms with Crippen molar-refractivity contribution >= 4 is 10.8 Å². The van der Waals surface area contributed by atoms with Gasteiger partial charge in [0.2, 0.25) is 0 Å². The predicted octanol–water partition coefficient (Wildman–Crippen LogP) is 2.05. The summed E-state index contributed by atoms with van der Waals surface area (Å²) in [6.07, 6.45) is 1.78. The van der Waals surface area contributed by atoms with Crippen LogP contribution in [0.15, 0.2) is 35.3 Å². The maximum atomic E-state index is 12.2. The summed E-state index contributed by atoms with van der Waals surface area (Å²) in [5, 5.41) is 1.52. The summed E-state index contributed by atoms with van der Waals surface area (Å²) in [6, 6.07) is 7.40. The van der Waals surface area contributed by atoms with Gasteiger partial charge in [0.15, 0.2) is 0 Å². The molecule has 0 amide bonds. The van der Waals surface area contributed by atoms with Crippen LogP contribution in [0, 0.1) is 0 Å². The average Bonchev–Trinajstić information content (AvgIpc) is 2.41. The fraction of sp³-hybridized carbons (Fsp3) is 0.357. The monoisotopic (exact) mass is 247 g/mol. The smallest absolute Gasteiger partial charge is 0.258 e. The Morgan fingerprint density at radius 3 is 2.78 bits per heavy atom. The number of ether oxygens (including phenoxy) is 2. The molecule has 0 radical (unpaired) electrons. The van der Waals surface area contributed by atoms with Crippen LogP contribution in [0.4, 0.5) is 0 Å². The van der Waals surface area contributed by atoms with Gasteiger partial charge >= 0.3 is 0 Å². The molecule has 0 saturated heterocycles. The maximum absolute atomic E-state index is 12.2. The predicted molar refractivity (Wildman–Crippen MR) is 71.3 cm³/mol. The molecule has 4 nitrogen and oxygen atoms in total. The molecule has 2 aromatic rings. The van der Waals surface area contributed by atoms with Gasteiger partial charge in [0.05, 0.1) is 19.1 Å². The van der Waals surface area contributed by atoms with E-state index in [1.807, 2.05) is 31.2 Å². The topological polar surface area (TPSA) is 40.5 Å². The van der Waals surface area contributed by atoms with E-state index >= 15 is 0 Å². The summed E-state index contributed by atoms with van der Waals surface area (Å²) in [5.74, 6) is 0.724. The highest BCUT2D eigenvalue weighted by Crippen LogP contribution is 2.22. The van der Waals surface area contributed by atoms with Crippen molar-refractivity contribution < 1.29 is 9.47 Å². The van der Waals surface area contributed by atoms with Crippen molar-refractivity contribution in [3.05, 3.63) is 40.8 Å². The lowest BCUT2D eigenvalue weighted by Crippen LogP contribution is -2.21. The van der Waals surface area contributed by atoms with Gasteiger partial charge < -0.3 is 14.0 Å². The van der Waals surface area contributed by atoms with E-state index < -0.39 is 0 Å². The largest absolute Gasteiger partial charge is 0.496 e. The highest BCUT2D eigenvalue weighted by Gasteiger charge is 2.06. The van der Waals surface area contributed by atoms with Gasteiger partial charge in [-0.25, -0.2) is 0 Å². The molecule has 1 heterocycles. The van der Waals surface area contributed by atoms with E-state index in [1.54, 1.807) is 17.9 Å². The number of nitrogens with zero attached hydrogens (tertiary/aromatic N) is 1. The Morgan fingerprint density at radius 1 is 1.22 bits per heavy atom. The number of pyridine rings is 1. The van der Waals surface area contributed by atoms with Crippen LogP contribution in [0.2, 0.25) is 0 Å². The van der Waals surface area contributed by atoms with Crippen LogP contribution in [-0.2, 0) is 11.3 Å². The summed E-state index contributed by atoms with van der Waals surface area (Å²) in [7, 11) is 1.61. The molecule has 0 aliphatic heterocycles. The van der Waals surface area contributed by atoms with E-state index in [2.05, 4.69) is 0 Å². The van der Waals surface area contributed by atoms with Crippen LogP contribution in [0.25, 0.3) is 10.8 Å². The molecule has 4 heteroatoms. The molecule has 96 valence electrons. The Hall–Kier alpha value is -1.81. The molecule has 0 spiro atoms. The third-order valence-corrected chi connectivity index (χ3v) is 2.88. The van der Waals surface area contributed by atoms with Crippen molar-refractivity contribution in [2.24, 2.45) is 0 Å². The molecule has 0 aliphatic carbocycles. The first kappa shape index (κ1) is 12.6. The Labute approximate surface area is 106 Å². The molecule has 1 aromatic carbocycles. The lowest BCUT2D eigenvalue weighted by Gasteiger charge is -2.09. The van der Waals surface area contributed by atoms with E-state index in [9.17, 15) is 4.79 Å². The average molecular weight is 247 g/mol. The lowest BCUT2D eigenvalue weighted by atomic mass is 10.1. The molecule has 18 heavy (non-hydrogen) atoms. The first-order chi connectivity index (χ1) is 8.77. The molecule has 0 fully saturated rings. The van der Waals surface area contributed by atoms with E-state index in [-0.39, 0.29) is 5.56 Å². The van der Waals surface area contributed by atoms with Crippen LogP contribution in [0.3, 0.4) is 0 Å². The third-order valence-electron chi connectivity index (χ3n) is 2.88. The van der Waals surface area contributed by atoms with E-state index in [1.165, 1.54) is 0 Å². The van der Waals surface area contributed by atoms with Crippen LogP contribution in [0.5, 0.6) is 5.75 Å². The second-order valence-electron chi connectivity index (χ2n) is 3.93. The number of fused-ring (bicyclic) bond motifs is 1. The Morgan fingerprint density at radius 2 is 2.06 bits per heavy atom. The van der Waals surface area contributed by atoms with E-state index in [4.69, 9.17) is 9.47 Å². The van der Waals surface area contributed by atoms with Crippen molar-refractivity contribution in [1.82, 2.24) is 4.57 Å². The molecular formula is C14H17NO3. The van der Waals surface area contributed by atoms with Gasteiger partial charge in [0.25, 0.3) is 5.56 Å². The zero-order valence-electron chi connectivity index (χ0n) is 10.7. The second kappa shape index (κ2) is 5.69. The molecule has 0 N–H and O–H groups in total. The van der Waals surface area contributed by atoms with Gasteiger partial charge in [-0.1, -0.05) is 6.07 Å². The first-order valence-corrected chi connectivity index (χ1v) is 6.02. The molecule has 0 unspecified atom stereocenters. The quantitative estimate of drug-likeness (QED) is 0.759. The van der Waals surface area contributed by atoms with Gasteiger partial charge in [0, 0.05) is 24.7 Å². The molecule has 0 atom stereocenters. The summed E-state index contributed by atoms with van der Waals surface area (Å²) in [6.45, 7) is 3.72. The highest BCUT2D eigenvalue weighted by molar-refractivity contribution is 5.87. The molecule has 0 aliphatic rings. The van der Waals surface area contributed by atoms with Gasteiger partial charge in [0.1, 0.15) is 5.75 Å². The van der Waals surface area contributed by atoms with Crippen molar-refractivity contribution in [3.8, 4) is 5.75 Å². The third kappa shape index (κ3) is 2.38. The van der Waals surface area contributed by atoms with Gasteiger partial charge in [-0.3, -0.25) is 4.79 Å². The minimum absolute atomic E-state index is 0.00824. The number of benzene rings is 1. The Bertz CT molecular complexity index is 589. The van der Waals surface area contributed by atoms with Crippen LogP contribution in [-0.4, -0.2) is 24.9 Å². The number of hydrogen-bond donors (Lipinski definition) is 0. The van der Waals surface area contributed by atoms with Gasteiger partial charge in [-0.05, 0) is 25.1 Å². The van der Waals surface area contributed by atoms with Gasteiger partial charge in [-0.15, -0.1) is 0 Å². The fourth-order valence-electron chi connectivity index (χ4n) is 1.95. The van der Waals surface area contributed by atoms with Crippen molar-refractivity contribution in [3.63, 3.8) is 0 Å². The number of aromatic nitrogens is 1. The normalized spacial score (nSPS) is 10.8. The summed E-state index contributed by atoms with van der Waals surface area (Å²) in [4.78, 5) is 12.2. The number of methoxy groups -OCH3 is 1. The highest BCUT2D eigenvalue weighted by atomic mass is 16.5. The summed E-state index contributed by atoms with van der Waals surface area (Å²) < 4.78 is 12.2. The molecule has 2 rings (SSSR count). The van der Waals surface area contributed by atoms with Crippen LogP contribution >= 0.6 is 0 Å². The lowest BCUT2D eigenvalue weighted by molar-refractivity contribution is 0.138. The number of hydrogen-bond acceptors (Lipinski definition) is 3. The van der Waals surface area contributed by atoms with Crippen molar-refractivity contribution in [2.75, 3.05) is 20.3 Å². The van der Waals surface area contributed by atoms with Crippen LogP contribution < -0.4 is 10.3 Å². The molecule has 0 saturated carbocycles. The molecule has 0 bridgehead atoms. The number of rotatable bonds is 5. The molecule has 1 aromatic heterocycles. The van der Waals surface area contributed by atoms with Crippen LogP contribution in [0.1, 0.15) is 6.92 Å². The van der Waals surface area contributed by atoms with Gasteiger partial charge in [-0.2, -0.15) is 0 Å². The molecular weight excluding hydrogens is 230 g/mol. The fourth-order valence-corrected chi connectivity index (χ4v) is 1.95. The Balaban J connectivity index is 2.42.